The number of amides is 1. The normalized spacial score (nSPS) is 9.93. The third-order valence-corrected chi connectivity index (χ3v) is 2.57. The predicted octanol–water partition coefficient (Wildman–Crippen LogP) is 3.04. The number of carbonyl (C=O) groups is 1. The predicted molar refractivity (Wildman–Crippen MR) is 62.9 cm³/mol. The summed E-state index contributed by atoms with van der Waals surface area (Å²) in [6, 6.07) is 7.60. The molecule has 14 heavy (non-hydrogen) atoms. The summed E-state index contributed by atoms with van der Waals surface area (Å²) in [4.78, 5) is 13.1. The number of rotatable bonds is 3. The molecule has 0 unspecified atom stereocenters. The molecule has 2 nitrogen and oxygen atoms in total. The van der Waals surface area contributed by atoms with Crippen molar-refractivity contribution in [1.29, 1.82) is 0 Å². The average Bonchev–Trinajstić information content (AvgIpc) is 2.19. The second kappa shape index (κ2) is 5.37. The van der Waals surface area contributed by atoms with Crippen molar-refractivity contribution in [2.75, 3.05) is 17.3 Å². The molecule has 0 aromatic heterocycles. The minimum atomic E-state index is -0.0766. The molecular formula is C10H11BrClNO. The molecular weight excluding hydrogens is 265 g/mol. The molecule has 1 aromatic carbocycles. The fourth-order valence-electron chi connectivity index (χ4n) is 1.22. The Kier molecular flexibility index (Phi) is 4.42. The van der Waals surface area contributed by atoms with E-state index >= 15 is 0 Å². The quantitative estimate of drug-likeness (QED) is 0.777. The average molecular weight is 277 g/mol. The molecule has 4 heteroatoms. The highest BCUT2D eigenvalue weighted by Gasteiger charge is 2.11. The van der Waals surface area contributed by atoms with Crippen LogP contribution in [0.2, 0.25) is 0 Å². The Hall–Kier alpha value is -0.540. The van der Waals surface area contributed by atoms with Crippen LogP contribution < -0.4 is 4.90 Å². The summed E-state index contributed by atoms with van der Waals surface area (Å²) in [6.45, 7) is 2.55. The number of hydrogen-bond acceptors (Lipinski definition) is 1. The van der Waals surface area contributed by atoms with E-state index in [0.717, 1.165) is 10.2 Å². The van der Waals surface area contributed by atoms with E-state index in [1.165, 1.54) is 0 Å². The van der Waals surface area contributed by atoms with Crippen molar-refractivity contribution in [2.45, 2.75) is 6.92 Å². The van der Waals surface area contributed by atoms with Gasteiger partial charge in [0.1, 0.15) is 5.88 Å². The third kappa shape index (κ3) is 2.72. The summed E-state index contributed by atoms with van der Waals surface area (Å²) in [5, 5.41) is 0. The van der Waals surface area contributed by atoms with Gasteiger partial charge in [-0.05, 0) is 25.1 Å². The molecule has 0 N–H and O–H groups in total. The topological polar surface area (TPSA) is 20.3 Å². The van der Waals surface area contributed by atoms with E-state index in [-0.39, 0.29) is 11.8 Å². The van der Waals surface area contributed by atoms with Crippen LogP contribution in [0.5, 0.6) is 0 Å². The lowest BCUT2D eigenvalue weighted by atomic mass is 10.3. The molecule has 1 rings (SSSR count). The lowest BCUT2D eigenvalue weighted by Gasteiger charge is -2.19. The molecule has 0 aliphatic carbocycles. The lowest BCUT2D eigenvalue weighted by molar-refractivity contribution is -0.116. The lowest BCUT2D eigenvalue weighted by Crippen LogP contribution is -2.31. The number of hydrogen-bond donors (Lipinski definition) is 0. The van der Waals surface area contributed by atoms with Crippen molar-refractivity contribution < 1.29 is 4.79 Å². The summed E-state index contributed by atoms with van der Waals surface area (Å²) in [7, 11) is 0. The first-order valence-corrected chi connectivity index (χ1v) is 5.63. The largest absolute Gasteiger partial charge is 0.312 e. The zero-order valence-electron chi connectivity index (χ0n) is 7.84. The van der Waals surface area contributed by atoms with Gasteiger partial charge in [-0.3, -0.25) is 4.79 Å². The van der Waals surface area contributed by atoms with Gasteiger partial charge in [-0.1, -0.05) is 22.0 Å². The first-order valence-electron chi connectivity index (χ1n) is 4.31. The second-order valence-corrected chi connectivity index (χ2v) is 3.93. The van der Waals surface area contributed by atoms with Gasteiger partial charge in [-0.25, -0.2) is 0 Å². The van der Waals surface area contributed by atoms with Crippen LogP contribution in [0.15, 0.2) is 28.7 Å². The number of halogens is 2. The fraction of sp³-hybridized carbons (Fsp3) is 0.300. The zero-order chi connectivity index (χ0) is 10.6. The smallest absolute Gasteiger partial charge is 0.241 e. The Morgan fingerprint density at radius 2 is 2.29 bits per heavy atom. The summed E-state index contributed by atoms with van der Waals surface area (Å²) >= 11 is 8.87. The third-order valence-electron chi connectivity index (χ3n) is 1.85. The van der Waals surface area contributed by atoms with Crippen molar-refractivity contribution in [3.63, 3.8) is 0 Å². The van der Waals surface area contributed by atoms with E-state index in [4.69, 9.17) is 11.6 Å². The minimum Gasteiger partial charge on any atom is -0.312 e. The Balaban J connectivity index is 2.94. The van der Waals surface area contributed by atoms with Gasteiger partial charge in [0.15, 0.2) is 0 Å². The Morgan fingerprint density at radius 1 is 1.57 bits per heavy atom. The first kappa shape index (κ1) is 11.5. The van der Waals surface area contributed by atoms with Crippen molar-refractivity contribution in [3.8, 4) is 0 Å². The van der Waals surface area contributed by atoms with Crippen LogP contribution >= 0.6 is 27.5 Å². The molecule has 76 valence electrons. The zero-order valence-corrected chi connectivity index (χ0v) is 10.2. The highest BCUT2D eigenvalue weighted by molar-refractivity contribution is 9.10. The highest BCUT2D eigenvalue weighted by Crippen LogP contribution is 2.19. The second-order valence-electron chi connectivity index (χ2n) is 2.75. The van der Waals surface area contributed by atoms with E-state index in [1.54, 1.807) is 4.90 Å². The van der Waals surface area contributed by atoms with E-state index in [9.17, 15) is 4.79 Å². The van der Waals surface area contributed by atoms with E-state index < -0.39 is 0 Å². The molecule has 0 atom stereocenters. The van der Waals surface area contributed by atoms with E-state index in [0.29, 0.717) is 6.54 Å². The van der Waals surface area contributed by atoms with Crippen molar-refractivity contribution in [2.24, 2.45) is 0 Å². The number of benzene rings is 1. The van der Waals surface area contributed by atoms with Gasteiger partial charge in [0.05, 0.1) is 0 Å². The molecule has 0 bridgehead atoms. The molecule has 1 amide bonds. The molecule has 0 radical (unpaired) electrons. The number of anilines is 1. The Labute approximate surface area is 97.0 Å². The molecule has 1 aromatic rings. The monoisotopic (exact) mass is 275 g/mol. The minimum absolute atomic E-state index is 0.0142. The maximum Gasteiger partial charge on any atom is 0.241 e. The number of carbonyl (C=O) groups excluding carboxylic acids is 1. The van der Waals surface area contributed by atoms with Crippen LogP contribution in [-0.2, 0) is 4.79 Å². The molecule has 0 saturated heterocycles. The molecule has 0 aliphatic rings. The summed E-state index contributed by atoms with van der Waals surface area (Å²) in [6.07, 6.45) is 0. The highest BCUT2D eigenvalue weighted by atomic mass is 79.9. The number of nitrogens with zero attached hydrogens (tertiary/aromatic N) is 1. The SMILES string of the molecule is CCN(C(=O)CCl)c1cccc(Br)c1. The van der Waals surface area contributed by atoms with Crippen molar-refractivity contribution in [3.05, 3.63) is 28.7 Å². The van der Waals surface area contributed by atoms with Crippen LogP contribution in [0, 0.1) is 0 Å². The molecule has 0 spiro atoms. The molecule has 0 saturated carbocycles. The summed E-state index contributed by atoms with van der Waals surface area (Å²) in [5.41, 5.74) is 0.868. The molecule has 0 aliphatic heterocycles. The van der Waals surface area contributed by atoms with E-state index in [1.807, 2.05) is 31.2 Å². The summed E-state index contributed by atoms with van der Waals surface area (Å²) < 4.78 is 0.954. The van der Waals surface area contributed by atoms with E-state index in [2.05, 4.69) is 15.9 Å². The standard InChI is InChI=1S/C10H11BrClNO/c1-2-13(10(14)7-12)9-5-3-4-8(11)6-9/h3-6H,2,7H2,1H3. The van der Waals surface area contributed by atoms with Crippen LogP contribution in [0.1, 0.15) is 6.92 Å². The fourth-order valence-corrected chi connectivity index (χ4v) is 1.75. The Bertz CT molecular complexity index is 330. The van der Waals surface area contributed by atoms with Crippen LogP contribution in [0.4, 0.5) is 5.69 Å². The van der Waals surface area contributed by atoms with Gasteiger partial charge in [0.25, 0.3) is 0 Å². The molecule has 0 heterocycles. The molecule has 0 fully saturated rings. The van der Waals surface area contributed by atoms with Crippen LogP contribution in [-0.4, -0.2) is 18.3 Å². The van der Waals surface area contributed by atoms with Gasteiger partial charge >= 0.3 is 0 Å². The number of alkyl halides is 1. The van der Waals surface area contributed by atoms with Gasteiger partial charge in [-0.15, -0.1) is 11.6 Å². The summed E-state index contributed by atoms with van der Waals surface area (Å²) in [5.74, 6) is -0.0624. The maximum absolute atomic E-state index is 11.4. The van der Waals surface area contributed by atoms with Gasteiger partial charge < -0.3 is 4.90 Å². The Morgan fingerprint density at radius 3 is 2.79 bits per heavy atom. The maximum atomic E-state index is 11.4. The van der Waals surface area contributed by atoms with Crippen LogP contribution in [0.25, 0.3) is 0 Å². The van der Waals surface area contributed by atoms with Crippen LogP contribution in [0.3, 0.4) is 0 Å². The van der Waals surface area contributed by atoms with Gasteiger partial charge in [-0.2, -0.15) is 0 Å². The van der Waals surface area contributed by atoms with Crippen molar-refractivity contribution >= 4 is 39.1 Å². The van der Waals surface area contributed by atoms with Gasteiger partial charge in [0.2, 0.25) is 5.91 Å². The first-order chi connectivity index (χ1) is 6.69. The van der Waals surface area contributed by atoms with Gasteiger partial charge in [0, 0.05) is 16.7 Å². The van der Waals surface area contributed by atoms with Crippen molar-refractivity contribution in [1.82, 2.24) is 0 Å².